The van der Waals surface area contributed by atoms with E-state index in [0.29, 0.717) is 0 Å². The van der Waals surface area contributed by atoms with E-state index in [-0.39, 0.29) is 0 Å². The molecule has 0 saturated heterocycles. The van der Waals surface area contributed by atoms with Crippen molar-refractivity contribution in [3.63, 3.8) is 0 Å². The molecule has 1 heterocycles. The summed E-state index contributed by atoms with van der Waals surface area (Å²) in [6.07, 6.45) is 0. The van der Waals surface area contributed by atoms with Gasteiger partial charge in [-0.15, -0.1) is 0 Å². The van der Waals surface area contributed by atoms with Crippen LogP contribution in [0, 0.1) is 0 Å². The zero-order valence-electron chi connectivity index (χ0n) is 7.20. The Balaban J connectivity index is 2.67. The van der Waals surface area contributed by atoms with Gasteiger partial charge >= 0.3 is 0 Å². The van der Waals surface area contributed by atoms with Gasteiger partial charge in [0.2, 0.25) is 0 Å². The monoisotopic (exact) mass is 158 g/mol. The first-order chi connectivity index (χ1) is 5.83. The number of nitrogens with zero attached hydrogens (tertiary/aromatic N) is 2. The fourth-order valence-electron chi connectivity index (χ4n) is 1.44. The SMILES string of the molecule is C/N=C1/N=C(C)c2ccccc21. The van der Waals surface area contributed by atoms with Gasteiger partial charge in [-0.25, -0.2) is 4.99 Å². The van der Waals surface area contributed by atoms with Gasteiger partial charge in [0.25, 0.3) is 0 Å². The van der Waals surface area contributed by atoms with Crippen LogP contribution in [-0.2, 0) is 0 Å². The van der Waals surface area contributed by atoms with E-state index in [0.717, 1.165) is 17.1 Å². The Morgan fingerprint density at radius 2 is 1.83 bits per heavy atom. The molecule has 60 valence electrons. The molecule has 0 aromatic heterocycles. The van der Waals surface area contributed by atoms with Crippen LogP contribution in [0.15, 0.2) is 34.3 Å². The van der Waals surface area contributed by atoms with Gasteiger partial charge in [0.15, 0.2) is 5.84 Å². The smallest absolute Gasteiger partial charge is 0.155 e. The molecule has 2 heteroatoms. The third kappa shape index (κ3) is 0.881. The van der Waals surface area contributed by atoms with Gasteiger partial charge in [-0.05, 0) is 6.92 Å². The number of hydrogen-bond donors (Lipinski definition) is 0. The average molecular weight is 158 g/mol. The molecule has 0 radical (unpaired) electrons. The quantitative estimate of drug-likeness (QED) is 0.550. The maximum atomic E-state index is 4.34. The maximum Gasteiger partial charge on any atom is 0.155 e. The molecule has 12 heavy (non-hydrogen) atoms. The number of rotatable bonds is 0. The lowest BCUT2D eigenvalue weighted by Gasteiger charge is -1.96. The molecule has 1 aliphatic heterocycles. The van der Waals surface area contributed by atoms with Gasteiger partial charge < -0.3 is 0 Å². The van der Waals surface area contributed by atoms with Crippen molar-refractivity contribution in [2.24, 2.45) is 9.98 Å². The van der Waals surface area contributed by atoms with Crippen LogP contribution in [0.3, 0.4) is 0 Å². The van der Waals surface area contributed by atoms with Crippen LogP contribution in [0.4, 0.5) is 0 Å². The molecular formula is C10H10N2. The molecule has 0 aliphatic carbocycles. The first kappa shape index (κ1) is 7.22. The lowest BCUT2D eigenvalue weighted by molar-refractivity contribution is 1.40. The molecule has 1 aliphatic rings. The topological polar surface area (TPSA) is 24.7 Å². The summed E-state index contributed by atoms with van der Waals surface area (Å²) in [6, 6.07) is 8.17. The number of aliphatic imine (C=N–C) groups is 2. The zero-order valence-corrected chi connectivity index (χ0v) is 7.20. The molecule has 1 aromatic carbocycles. The van der Waals surface area contributed by atoms with Gasteiger partial charge in [0, 0.05) is 23.9 Å². The third-order valence-electron chi connectivity index (χ3n) is 2.04. The number of amidine groups is 1. The van der Waals surface area contributed by atoms with E-state index in [4.69, 9.17) is 0 Å². The predicted molar refractivity (Wildman–Crippen MR) is 51.1 cm³/mol. The highest BCUT2D eigenvalue weighted by Crippen LogP contribution is 2.18. The van der Waals surface area contributed by atoms with Crippen molar-refractivity contribution in [2.75, 3.05) is 7.05 Å². The predicted octanol–water partition coefficient (Wildman–Crippen LogP) is 1.89. The molecule has 0 bridgehead atoms. The van der Waals surface area contributed by atoms with E-state index >= 15 is 0 Å². The molecule has 1 aromatic rings. The summed E-state index contributed by atoms with van der Waals surface area (Å²) < 4.78 is 0. The van der Waals surface area contributed by atoms with Crippen LogP contribution in [0.5, 0.6) is 0 Å². The molecule has 2 nitrogen and oxygen atoms in total. The van der Waals surface area contributed by atoms with Crippen LogP contribution in [0.1, 0.15) is 18.1 Å². The van der Waals surface area contributed by atoms with Gasteiger partial charge in [0.05, 0.1) is 0 Å². The molecule has 2 rings (SSSR count). The van der Waals surface area contributed by atoms with Crippen LogP contribution in [-0.4, -0.2) is 18.6 Å². The summed E-state index contributed by atoms with van der Waals surface area (Å²) in [5.41, 5.74) is 3.42. The Labute approximate surface area is 71.7 Å². The third-order valence-corrected chi connectivity index (χ3v) is 2.04. The molecule has 0 fully saturated rings. The Morgan fingerprint density at radius 3 is 2.50 bits per heavy atom. The van der Waals surface area contributed by atoms with E-state index in [2.05, 4.69) is 22.1 Å². The summed E-state index contributed by atoms with van der Waals surface area (Å²) >= 11 is 0. The van der Waals surface area contributed by atoms with Gasteiger partial charge in [0.1, 0.15) is 0 Å². The van der Waals surface area contributed by atoms with Gasteiger partial charge in [-0.3, -0.25) is 4.99 Å². The highest BCUT2D eigenvalue weighted by atomic mass is 14.9. The summed E-state index contributed by atoms with van der Waals surface area (Å²) in [5, 5.41) is 0. The largest absolute Gasteiger partial charge is 0.270 e. The minimum Gasteiger partial charge on any atom is -0.270 e. The first-order valence-electron chi connectivity index (χ1n) is 3.95. The summed E-state index contributed by atoms with van der Waals surface area (Å²) in [4.78, 5) is 8.45. The zero-order chi connectivity index (χ0) is 8.55. The second-order valence-electron chi connectivity index (χ2n) is 2.79. The molecule has 0 spiro atoms. The fourth-order valence-corrected chi connectivity index (χ4v) is 1.44. The number of benzene rings is 1. The van der Waals surface area contributed by atoms with E-state index in [1.807, 2.05) is 19.1 Å². The molecule has 0 atom stereocenters. The minimum absolute atomic E-state index is 0.850. The van der Waals surface area contributed by atoms with Crippen LogP contribution in [0.2, 0.25) is 0 Å². The van der Waals surface area contributed by atoms with Crippen molar-refractivity contribution in [3.05, 3.63) is 35.4 Å². The summed E-state index contributed by atoms with van der Waals surface area (Å²) in [6.45, 7) is 2.01. The Morgan fingerprint density at radius 1 is 1.17 bits per heavy atom. The van der Waals surface area contributed by atoms with Crippen molar-refractivity contribution >= 4 is 11.5 Å². The Kier molecular flexibility index (Phi) is 1.54. The maximum absolute atomic E-state index is 4.34. The second-order valence-corrected chi connectivity index (χ2v) is 2.79. The van der Waals surface area contributed by atoms with Crippen molar-refractivity contribution in [1.29, 1.82) is 0 Å². The summed E-state index contributed by atoms with van der Waals surface area (Å²) in [5.74, 6) is 0.850. The van der Waals surface area contributed by atoms with Gasteiger partial charge in [-0.1, -0.05) is 24.3 Å². The van der Waals surface area contributed by atoms with Crippen molar-refractivity contribution in [3.8, 4) is 0 Å². The van der Waals surface area contributed by atoms with Crippen LogP contribution in [0.25, 0.3) is 0 Å². The summed E-state index contributed by atoms with van der Waals surface area (Å²) in [7, 11) is 1.77. The van der Waals surface area contributed by atoms with Crippen LogP contribution < -0.4 is 0 Å². The van der Waals surface area contributed by atoms with Crippen molar-refractivity contribution in [2.45, 2.75) is 6.92 Å². The Bertz CT molecular complexity index is 375. The second kappa shape index (κ2) is 2.55. The molecule has 0 amide bonds. The molecular weight excluding hydrogens is 148 g/mol. The number of hydrogen-bond acceptors (Lipinski definition) is 1. The molecule has 0 saturated carbocycles. The van der Waals surface area contributed by atoms with Gasteiger partial charge in [-0.2, -0.15) is 0 Å². The van der Waals surface area contributed by atoms with E-state index in [1.165, 1.54) is 5.56 Å². The Hall–Kier alpha value is -1.44. The van der Waals surface area contributed by atoms with E-state index in [9.17, 15) is 0 Å². The van der Waals surface area contributed by atoms with E-state index in [1.54, 1.807) is 7.05 Å². The van der Waals surface area contributed by atoms with Crippen LogP contribution >= 0.6 is 0 Å². The van der Waals surface area contributed by atoms with Crippen molar-refractivity contribution < 1.29 is 0 Å². The highest BCUT2D eigenvalue weighted by Gasteiger charge is 2.16. The lowest BCUT2D eigenvalue weighted by Crippen LogP contribution is -1.93. The highest BCUT2D eigenvalue weighted by molar-refractivity contribution is 6.22. The van der Waals surface area contributed by atoms with E-state index < -0.39 is 0 Å². The molecule has 0 N–H and O–H groups in total. The molecule has 0 unspecified atom stereocenters. The average Bonchev–Trinajstić information content (AvgIpc) is 2.44. The van der Waals surface area contributed by atoms with Crippen molar-refractivity contribution in [1.82, 2.24) is 0 Å². The fraction of sp³-hybridized carbons (Fsp3) is 0.200. The number of fused-ring (bicyclic) bond motifs is 1. The lowest BCUT2D eigenvalue weighted by atomic mass is 10.1. The standard InChI is InChI=1S/C10H10N2/c1-7-8-5-3-4-6-9(8)10(11-2)12-7/h3-6H,1-2H3/b11-10+. The first-order valence-corrected chi connectivity index (χ1v) is 3.95. The minimum atomic E-state index is 0.850. The normalized spacial score (nSPS) is 17.8.